The molecule has 0 bridgehead atoms. The van der Waals surface area contributed by atoms with Crippen LogP contribution < -0.4 is 5.73 Å². The molecule has 0 saturated heterocycles. The summed E-state index contributed by atoms with van der Waals surface area (Å²) in [7, 11) is 0. The molecule has 1 atom stereocenters. The van der Waals surface area contributed by atoms with Gasteiger partial charge in [0, 0.05) is 6.61 Å². The van der Waals surface area contributed by atoms with Crippen molar-refractivity contribution in [2.24, 2.45) is 11.1 Å². The van der Waals surface area contributed by atoms with E-state index in [0.29, 0.717) is 24.9 Å². The van der Waals surface area contributed by atoms with Crippen LogP contribution in [0.25, 0.3) is 0 Å². The normalized spacial score (nSPS) is 14.1. The van der Waals surface area contributed by atoms with E-state index in [4.69, 9.17) is 15.0 Å². The van der Waals surface area contributed by atoms with Crippen LogP contribution in [-0.2, 0) is 11.3 Å². The Bertz CT molecular complexity index is 317. The number of ether oxygens (including phenoxy) is 1. The second kappa shape index (κ2) is 5.41. The molecule has 0 spiro atoms. The highest BCUT2D eigenvalue weighted by atomic mass is 16.5. The lowest BCUT2D eigenvalue weighted by molar-refractivity contribution is 0.114. The van der Waals surface area contributed by atoms with E-state index in [1.807, 2.05) is 20.8 Å². The molecular weight excluding hydrogens is 206 g/mol. The topological polar surface area (TPSA) is 74.2 Å². The molecule has 0 aliphatic carbocycles. The predicted octanol–water partition coefficient (Wildman–Crippen LogP) is 2.04. The zero-order valence-corrected chi connectivity index (χ0v) is 10.5. The Labute approximate surface area is 96.4 Å². The quantitative estimate of drug-likeness (QED) is 0.779. The van der Waals surface area contributed by atoms with Crippen LogP contribution in [-0.4, -0.2) is 16.7 Å². The number of hydrogen-bond acceptors (Lipinski definition) is 5. The van der Waals surface area contributed by atoms with Crippen molar-refractivity contribution in [1.82, 2.24) is 10.1 Å². The van der Waals surface area contributed by atoms with Crippen LogP contribution >= 0.6 is 0 Å². The smallest absolute Gasteiger partial charge is 0.244 e. The van der Waals surface area contributed by atoms with E-state index in [9.17, 15) is 0 Å². The van der Waals surface area contributed by atoms with Crippen molar-refractivity contribution in [3.63, 3.8) is 0 Å². The average molecular weight is 227 g/mol. The minimum atomic E-state index is -0.250. The molecule has 0 unspecified atom stereocenters. The van der Waals surface area contributed by atoms with Crippen molar-refractivity contribution in [3.05, 3.63) is 11.7 Å². The molecule has 1 heterocycles. The summed E-state index contributed by atoms with van der Waals surface area (Å²) in [5, 5.41) is 3.83. The summed E-state index contributed by atoms with van der Waals surface area (Å²) >= 11 is 0. The Hall–Kier alpha value is -0.940. The van der Waals surface area contributed by atoms with Gasteiger partial charge in [0.2, 0.25) is 5.89 Å². The highest BCUT2D eigenvalue weighted by molar-refractivity contribution is 4.95. The first-order valence-corrected chi connectivity index (χ1v) is 5.61. The summed E-state index contributed by atoms with van der Waals surface area (Å²) in [6.07, 6.45) is 0.978. The monoisotopic (exact) mass is 227 g/mol. The van der Waals surface area contributed by atoms with Crippen LogP contribution in [0.2, 0.25) is 0 Å². The molecule has 1 aromatic rings. The molecule has 16 heavy (non-hydrogen) atoms. The first kappa shape index (κ1) is 13.1. The second-order valence-electron chi connectivity index (χ2n) is 4.95. The van der Waals surface area contributed by atoms with Crippen molar-refractivity contribution < 1.29 is 9.26 Å². The maximum atomic E-state index is 6.00. The minimum absolute atomic E-state index is 0.0892. The molecule has 0 aromatic carbocycles. The molecule has 0 fully saturated rings. The van der Waals surface area contributed by atoms with E-state index >= 15 is 0 Å². The van der Waals surface area contributed by atoms with E-state index in [0.717, 1.165) is 6.42 Å². The lowest BCUT2D eigenvalue weighted by Crippen LogP contribution is -2.26. The largest absolute Gasteiger partial charge is 0.373 e. The molecule has 0 aliphatic heterocycles. The van der Waals surface area contributed by atoms with Gasteiger partial charge < -0.3 is 15.0 Å². The van der Waals surface area contributed by atoms with Crippen molar-refractivity contribution in [1.29, 1.82) is 0 Å². The third-order valence-electron chi connectivity index (χ3n) is 2.26. The molecule has 92 valence electrons. The lowest BCUT2D eigenvalue weighted by Gasteiger charge is -2.23. The second-order valence-corrected chi connectivity index (χ2v) is 4.95. The molecular formula is C11H21N3O2. The van der Waals surface area contributed by atoms with Crippen LogP contribution in [0.4, 0.5) is 0 Å². The van der Waals surface area contributed by atoms with E-state index in [-0.39, 0.29) is 11.5 Å². The van der Waals surface area contributed by atoms with Gasteiger partial charge in [-0.2, -0.15) is 4.98 Å². The summed E-state index contributed by atoms with van der Waals surface area (Å²) in [5.74, 6) is 1.03. The van der Waals surface area contributed by atoms with Gasteiger partial charge in [0.1, 0.15) is 6.61 Å². The fourth-order valence-electron chi connectivity index (χ4n) is 1.13. The van der Waals surface area contributed by atoms with E-state index in [1.54, 1.807) is 0 Å². The number of aromatic nitrogens is 2. The average Bonchev–Trinajstić information content (AvgIpc) is 2.64. The van der Waals surface area contributed by atoms with Crippen LogP contribution in [0.1, 0.15) is 51.9 Å². The van der Waals surface area contributed by atoms with Crippen LogP contribution in [0.15, 0.2) is 4.52 Å². The van der Waals surface area contributed by atoms with Gasteiger partial charge in [0.05, 0.1) is 6.04 Å². The zero-order valence-electron chi connectivity index (χ0n) is 10.5. The number of rotatable bonds is 5. The molecule has 2 N–H and O–H groups in total. The van der Waals surface area contributed by atoms with E-state index in [1.165, 1.54) is 0 Å². The molecule has 0 aliphatic rings. The van der Waals surface area contributed by atoms with Crippen LogP contribution in [0.5, 0.6) is 0 Å². The van der Waals surface area contributed by atoms with Gasteiger partial charge in [-0.15, -0.1) is 0 Å². The molecule has 0 amide bonds. The summed E-state index contributed by atoms with van der Waals surface area (Å²) in [6, 6.07) is -0.250. The van der Waals surface area contributed by atoms with Crippen LogP contribution in [0.3, 0.4) is 0 Å². The Morgan fingerprint density at radius 3 is 2.69 bits per heavy atom. The predicted molar refractivity (Wildman–Crippen MR) is 60.6 cm³/mol. The van der Waals surface area contributed by atoms with Gasteiger partial charge in [0.15, 0.2) is 5.82 Å². The van der Waals surface area contributed by atoms with Gasteiger partial charge in [-0.25, -0.2) is 0 Å². The van der Waals surface area contributed by atoms with Gasteiger partial charge in [-0.05, 0) is 11.8 Å². The summed E-state index contributed by atoms with van der Waals surface area (Å²) in [5.41, 5.74) is 5.91. The van der Waals surface area contributed by atoms with Gasteiger partial charge in [0.25, 0.3) is 0 Å². The Morgan fingerprint density at radius 1 is 1.44 bits per heavy atom. The Kier molecular flexibility index (Phi) is 4.44. The molecule has 0 radical (unpaired) electrons. The molecule has 5 nitrogen and oxygen atoms in total. The molecule has 1 aromatic heterocycles. The SMILES string of the molecule is CCCOCc1noc([C@H](N)C(C)(C)C)n1. The van der Waals surface area contributed by atoms with Gasteiger partial charge in [-0.3, -0.25) is 0 Å². The number of nitrogens with zero attached hydrogens (tertiary/aromatic N) is 2. The highest BCUT2D eigenvalue weighted by Crippen LogP contribution is 2.29. The van der Waals surface area contributed by atoms with Crippen molar-refractivity contribution >= 4 is 0 Å². The van der Waals surface area contributed by atoms with Crippen molar-refractivity contribution in [2.75, 3.05) is 6.61 Å². The Balaban J connectivity index is 2.57. The lowest BCUT2D eigenvalue weighted by atomic mass is 9.87. The van der Waals surface area contributed by atoms with Crippen LogP contribution in [0, 0.1) is 5.41 Å². The Morgan fingerprint density at radius 2 is 2.12 bits per heavy atom. The van der Waals surface area contributed by atoms with Crippen molar-refractivity contribution in [3.8, 4) is 0 Å². The molecule has 5 heteroatoms. The van der Waals surface area contributed by atoms with E-state index < -0.39 is 0 Å². The summed E-state index contributed by atoms with van der Waals surface area (Å²) < 4.78 is 10.4. The minimum Gasteiger partial charge on any atom is -0.373 e. The number of hydrogen-bond donors (Lipinski definition) is 1. The highest BCUT2D eigenvalue weighted by Gasteiger charge is 2.27. The van der Waals surface area contributed by atoms with E-state index in [2.05, 4.69) is 17.1 Å². The molecule has 1 rings (SSSR count). The van der Waals surface area contributed by atoms with Gasteiger partial charge >= 0.3 is 0 Å². The fraction of sp³-hybridized carbons (Fsp3) is 0.818. The standard InChI is InChI=1S/C11H21N3O2/c1-5-6-15-7-8-13-10(16-14-8)9(12)11(2,3)4/h9H,5-7,12H2,1-4H3/t9-/m0/s1. The summed E-state index contributed by atoms with van der Waals surface area (Å²) in [6.45, 7) is 9.25. The third kappa shape index (κ3) is 3.57. The zero-order chi connectivity index (χ0) is 12.2. The van der Waals surface area contributed by atoms with Gasteiger partial charge in [-0.1, -0.05) is 32.9 Å². The third-order valence-corrected chi connectivity index (χ3v) is 2.26. The maximum absolute atomic E-state index is 6.00. The van der Waals surface area contributed by atoms with Crippen molar-refractivity contribution in [2.45, 2.75) is 46.8 Å². The molecule has 0 saturated carbocycles. The number of nitrogens with two attached hydrogens (primary N) is 1. The summed E-state index contributed by atoms with van der Waals surface area (Å²) in [4.78, 5) is 4.22. The first-order valence-electron chi connectivity index (χ1n) is 5.61. The first-order chi connectivity index (χ1) is 7.45. The maximum Gasteiger partial charge on any atom is 0.244 e. The fourth-order valence-corrected chi connectivity index (χ4v) is 1.13.